The zero-order valence-corrected chi connectivity index (χ0v) is 65.1. The number of nitrogens with one attached hydrogen (secondary N) is 2. The standard InChI is InChI=1S/2C32H35N3O.C31H34N4O.ClH/c1-22-9-14-27(15-10-22)30(16-13-24-11-12-24)28-7-3-5-25(18-28)20-32(36)31-17-23(2)34-35(31)29-8-4-6-26(19-29)21-33;1-4-24-7-6-10-29(19-24)35-30(17-23(3)34-35)31(36)20-26-8-5-9-28(18-26)32(33-21-25-13-14-25)27-15-11-22(2)12-16-27;1-21-9-13-26(14-10-21)31(33-20-23-11-12-23)27-7-3-5-24(16-27)18-30(36)29-15-22(2)34-35(29)28-8-4-6-25(17-28)19-32;/h3-10,14-15,17-19,24,30H,11-13,16,20-21,33H2,1-2H3;5-12,15-19,25,32-33H,4,13-14,20-21H2,1-3H3;3-10,13-17,23,31,33H,11-12,18-20,32H2,1-2H3;1H. The molecule has 109 heavy (non-hydrogen) atoms. The maximum Gasteiger partial charge on any atom is 0.185 e. The molecular formula is C95H105ClN10O3. The minimum Gasteiger partial charge on any atom is -0.326 e. The maximum atomic E-state index is 13.5. The summed E-state index contributed by atoms with van der Waals surface area (Å²) >= 11 is 0. The van der Waals surface area contributed by atoms with Crippen molar-refractivity contribution in [2.45, 2.75) is 157 Å². The smallest absolute Gasteiger partial charge is 0.185 e. The number of Topliss-reactive ketones (excluding diaryl/α,β-unsaturated/α-hetero) is 3. The lowest BCUT2D eigenvalue weighted by molar-refractivity contribution is 0.0977. The van der Waals surface area contributed by atoms with Gasteiger partial charge in [-0.2, -0.15) is 15.3 Å². The second-order valence-corrected chi connectivity index (χ2v) is 30.4. The Morgan fingerprint density at radius 3 is 1.06 bits per heavy atom. The molecule has 13 nitrogen and oxygen atoms in total. The summed E-state index contributed by atoms with van der Waals surface area (Å²) in [6.45, 7) is 17.2. The normalized spacial score (nSPS) is 14.0. The average molecular weight is 1470 g/mol. The molecule has 560 valence electrons. The maximum absolute atomic E-state index is 13.5. The summed E-state index contributed by atoms with van der Waals surface area (Å²) in [7, 11) is 0. The molecule has 0 aliphatic heterocycles. The number of aryl methyl sites for hydroxylation is 7. The number of carbonyl (C=O) groups excluding carboxylic acids is 3. The number of rotatable bonds is 30. The highest BCUT2D eigenvalue weighted by molar-refractivity contribution is 5.98. The molecule has 0 saturated heterocycles. The van der Waals surface area contributed by atoms with Crippen molar-refractivity contribution < 1.29 is 14.4 Å². The summed E-state index contributed by atoms with van der Waals surface area (Å²) in [4.78, 5) is 40.5. The summed E-state index contributed by atoms with van der Waals surface area (Å²) in [6.07, 6.45) is 12.4. The van der Waals surface area contributed by atoms with Crippen molar-refractivity contribution in [3.05, 3.63) is 354 Å². The van der Waals surface area contributed by atoms with Crippen LogP contribution in [0.5, 0.6) is 0 Å². The molecule has 3 aliphatic carbocycles. The van der Waals surface area contributed by atoms with E-state index in [4.69, 9.17) is 11.5 Å². The predicted octanol–water partition coefficient (Wildman–Crippen LogP) is 19.1. The average Bonchev–Trinajstić information content (AvgIpc) is 1.76. The van der Waals surface area contributed by atoms with Gasteiger partial charge in [-0.3, -0.25) is 14.4 Å². The number of hydrogen-bond donors (Lipinski definition) is 4. The van der Waals surface area contributed by atoms with Gasteiger partial charge < -0.3 is 22.1 Å². The fourth-order valence-electron chi connectivity index (χ4n) is 14.5. The van der Waals surface area contributed by atoms with Crippen LogP contribution in [0.3, 0.4) is 0 Å². The van der Waals surface area contributed by atoms with Crippen molar-refractivity contribution in [3.8, 4) is 17.1 Å². The summed E-state index contributed by atoms with van der Waals surface area (Å²) in [5, 5.41) is 21.4. The second-order valence-electron chi connectivity index (χ2n) is 30.4. The van der Waals surface area contributed by atoms with E-state index in [1.807, 2.05) is 106 Å². The van der Waals surface area contributed by atoms with E-state index in [0.717, 1.165) is 106 Å². The third-order valence-corrected chi connectivity index (χ3v) is 21.2. The summed E-state index contributed by atoms with van der Waals surface area (Å²) in [5.41, 5.74) is 36.3. The molecular weight excluding hydrogens is 1360 g/mol. The van der Waals surface area contributed by atoms with Crippen molar-refractivity contribution in [1.29, 1.82) is 0 Å². The van der Waals surface area contributed by atoms with Gasteiger partial charge in [-0.1, -0.05) is 218 Å². The van der Waals surface area contributed by atoms with Gasteiger partial charge in [-0.25, -0.2) is 14.0 Å². The van der Waals surface area contributed by atoms with E-state index >= 15 is 0 Å². The molecule has 0 bridgehead atoms. The molecule has 3 fully saturated rings. The zero-order chi connectivity index (χ0) is 75.2. The van der Waals surface area contributed by atoms with E-state index in [9.17, 15) is 14.4 Å². The molecule has 12 aromatic rings. The lowest BCUT2D eigenvalue weighted by atomic mass is 9.85. The van der Waals surface area contributed by atoms with Gasteiger partial charge in [-0.05, 0) is 239 Å². The van der Waals surface area contributed by atoms with E-state index in [1.54, 1.807) is 14.0 Å². The Balaban J connectivity index is 0.000000152. The molecule has 3 saturated carbocycles. The monoisotopic (exact) mass is 1470 g/mol. The molecule has 6 N–H and O–H groups in total. The van der Waals surface area contributed by atoms with E-state index in [2.05, 4.69) is 205 Å². The number of halogens is 1. The molecule has 3 aliphatic rings. The Bertz CT molecular complexity index is 4560. The highest BCUT2D eigenvalue weighted by Gasteiger charge is 2.28. The minimum atomic E-state index is 0. The Labute approximate surface area is 650 Å². The second kappa shape index (κ2) is 36.8. The zero-order valence-electron chi connectivity index (χ0n) is 64.3. The number of nitrogens with zero attached hydrogens (tertiary/aromatic N) is 6. The minimum absolute atomic E-state index is 0. The van der Waals surface area contributed by atoms with Crippen LogP contribution in [0.2, 0.25) is 0 Å². The van der Waals surface area contributed by atoms with Crippen LogP contribution in [0, 0.1) is 59.3 Å². The number of ketones is 3. The molecule has 3 unspecified atom stereocenters. The molecule has 9 aromatic carbocycles. The first-order chi connectivity index (χ1) is 52.5. The Morgan fingerprint density at radius 2 is 0.697 bits per heavy atom. The van der Waals surface area contributed by atoms with Gasteiger partial charge >= 0.3 is 0 Å². The van der Waals surface area contributed by atoms with Crippen molar-refractivity contribution >= 4 is 29.8 Å². The Morgan fingerprint density at radius 1 is 0.376 bits per heavy atom. The van der Waals surface area contributed by atoms with Crippen LogP contribution < -0.4 is 22.1 Å². The number of aromatic nitrogens is 6. The van der Waals surface area contributed by atoms with Crippen LogP contribution >= 0.6 is 12.4 Å². The molecule has 0 spiro atoms. The van der Waals surface area contributed by atoms with Crippen LogP contribution in [0.1, 0.15) is 208 Å². The van der Waals surface area contributed by atoms with Gasteiger partial charge in [-0.15, -0.1) is 12.4 Å². The van der Waals surface area contributed by atoms with E-state index in [1.165, 1.54) is 101 Å². The highest BCUT2D eigenvalue weighted by atomic mass is 35.5. The van der Waals surface area contributed by atoms with Crippen LogP contribution in [-0.4, -0.2) is 59.8 Å². The van der Waals surface area contributed by atoms with Crippen LogP contribution in [-0.2, 0) is 38.8 Å². The predicted molar refractivity (Wildman–Crippen MR) is 443 cm³/mol. The molecule has 3 aromatic heterocycles. The lowest BCUT2D eigenvalue weighted by Crippen LogP contribution is -2.24. The van der Waals surface area contributed by atoms with Crippen LogP contribution in [0.15, 0.2) is 237 Å². The van der Waals surface area contributed by atoms with Gasteiger partial charge in [0.1, 0.15) is 17.1 Å². The molecule has 0 amide bonds. The third kappa shape index (κ3) is 21.2. The Hall–Kier alpha value is -10.3. The fraction of sp³-hybridized carbons (Fsp3) is 0.305. The van der Waals surface area contributed by atoms with Gasteiger partial charge in [0, 0.05) is 38.3 Å². The summed E-state index contributed by atoms with van der Waals surface area (Å²) in [5.74, 6) is 3.01. The first-order valence-electron chi connectivity index (χ1n) is 38.9. The quantitative estimate of drug-likeness (QED) is 0.0316. The SMILES string of the molecule is CCc1cccc(-n2nc(C)cc2C(=O)Cc2cccc(C(NCC3CC3)c3ccc(C)cc3)c2)c1.Cc1ccc(C(CCC2CC2)c2cccc(CC(=O)c3cc(C)nn3-c3cccc(CN)c3)c2)cc1.Cc1ccc(C(NCC2CC2)c2cccc(CC(=O)c3cc(C)nn3-c3cccc(CN)c3)c2)cc1.Cl. The van der Waals surface area contributed by atoms with Crippen molar-refractivity contribution in [2.75, 3.05) is 13.1 Å². The Kier molecular flexibility index (Phi) is 26.4. The van der Waals surface area contributed by atoms with Gasteiger partial charge in [0.15, 0.2) is 17.3 Å². The summed E-state index contributed by atoms with van der Waals surface area (Å²) in [6, 6.07) is 81.9. The number of benzene rings is 9. The van der Waals surface area contributed by atoms with Gasteiger partial charge in [0.05, 0.1) is 46.2 Å². The largest absolute Gasteiger partial charge is 0.326 e. The first-order valence-corrected chi connectivity index (χ1v) is 38.9. The number of nitrogens with two attached hydrogens (primary N) is 2. The third-order valence-electron chi connectivity index (χ3n) is 21.2. The van der Waals surface area contributed by atoms with Crippen LogP contribution in [0.4, 0.5) is 0 Å². The van der Waals surface area contributed by atoms with E-state index in [-0.39, 0.29) is 41.8 Å². The van der Waals surface area contributed by atoms with Crippen molar-refractivity contribution in [1.82, 2.24) is 40.0 Å². The topological polar surface area (TPSA) is 181 Å². The molecule has 15 rings (SSSR count). The molecule has 3 heterocycles. The van der Waals surface area contributed by atoms with Crippen molar-refractivity contribution in [3.63, 3.8) is 0 Å². The van der Waals surface area contributed by atoms with Gasteiger partial charge in [0.2, 0.25) is 0 Å². The molecule has 14 heteroatoms. The summed E-state index contributed by atoms with van der Waals surface area (Å²) < 4.78 is 5.30. The lowest BCUT2D eigenvalue weighted by Gasteiger charge is -2.21. The van der Waals surface area contributed by atoms with E-state index < -0.39 is 0 Å². The molecule has 0 radical (unpaired) electrons. The van der Waals surface area contributed by atoms with E-state index in [0.29, 0.717) is 55.4 Å². The van der Waals surface area contributed by atoms with Gasteiger partial charge in [0.25, 0.3) is 0 Å². The number of carbonyl (C=O) groups is 3. The fourth-order valence-corrected chi connectivity index (χ4v) is 14.5. The highest BCUT2D eigenvalue weighted by Crippen LogP contribution is 2.40. The number of hydrogen-bond acceptors (Lipinski definition) is 10. The molecule has 3 atom stereocenters. The van der Waals surface area contributed by atoms with Crippen LogP contribution in [0.25, 0.3) is 17.1 Å². The van der Waals surface area contributed by atoms with Crippen molar-refractivity contribution in [2.24, 2.45) is 29.2 Å². The first kappa shape index (κ1) is 78.3.